The number of esters is 1. The molecule has 0 aromatic heterocycles. The summed E-state index contributed by atoms with van der Waals surface area (Å²) in [5.41, 5.74) is 0.775. The van der Waals surface area contributed by atoms with Crippen LogP contribution < -0.4 is 10.6 Å². The van der Waals surface area contributed by atoms with Crippen molar-refractivity contribution >= 4 is 33.8 Å². The fourth-order valence-corrected chi connectivity index (χ4v) is 1.60. The smallest absolute Gasteiger partial charge is 0.321 e. The van der Waals surface area contributed by atoms with Crippen molar-refractivity contribution in [2.24, 2.45) is 0 Å². The summed E-state index contributed by atoms with van der Waals surface area (Å²) in [6.07, 6.45) is -0.972. The molecule has 1 atom stereocenters. The summed E-state index contributed by atoms with van der Waals surface area (Å²) in [6, 6.07) is 6.53. The Morgan fingerprint density at radius 2 is 1.85 bits per heavy atom. The zero-order valence-corrected chi connectivity index (χ0v) is 12.7. The monoisotopic (exact) mass is 342 g/mol. The molecular weight excluding hydrogens is 328 g/mol. The van der Waals surface area contributed by atoms with Gasteiger partial charge in [-0.25, -0.2) is 4.79 Å². The van der Waals surface area contributed by atoms with Crippen LogP contribution in [0.2, 0.25) is 0 Å². The molecular formula is C13H15BrN2O4. The topological polar surface area (TPSA) is 84.5 Å². The Labute approximate surface area is 125 Å². The third-order valence-electron chi connectivity index (χ3n) is 2.40. The highest BCUT2D eigenvalue weighted by Crippen LogP contribution is 2.11. The van der Waals surface area contributed by atoms with E-state index in [9.17, 15) is 14.4 Å². The van der Waals surface area contributed by atoms with E-state index in [-0.39, 0.29) is 6.42 Å². The molecule has 6 nitrogen and oxygen atoms in total. The molecule has 0 saturated carbocycles. The van der Waals surface area contributed by atoms with Crippen molar-refractivity contribution < 1.29 is 19.1 Å². The van der Waals surface area contributed by atoms with Gasteiger partial charge in [0.2, 0.25) is 0 Å². The molecule has 0 aliphatic heterocycles. The summed E-state index contributed by atoms with van der Waals surface area (Å²) >= 11 is 3.29. The Bertz CT molecular complexity index is 502. The SMILES string of the molecule is CNC(=O)NC(=O)[C@H](C)OC(=O)Cc1ccc(Br)cc1. The van der Waals surface area contributed by atoms with Gasteiger partial charge in [0.25, 0.3) is 5.91 Å². The van der Waals surface area contributed by atoms with Gasteiger partial charge in [-0.3, -0.25) is 14.9 Å². The molecule has 0 bridgehead atoms. The van der Waals surface area contributed by atoms with E-state index >= 15 is 0 Å². The van der Waals surface area contributed by atoms with E-state index in [0.29, 0.717) is 0 Å². The Kier molecular flexibility index (Phi) is 6.17. The van der Waals surface area contributed by atoms with Crippen LogP contribution in [0.25, 0.3) is 0 Å². The minimum absolute atomic E-state index is 0.0604. The molecule has 2 N–H and O–H groups in total. The minimum atomic E-state index is -1.03. The molecule has 0 spiro atoms. The van der Waals surface area contributed by atoms with Crippen molar-refractivity contribution in [3.05, 3.63) is 34.3 Å². The van der Waals surface area contributed by atoms with Crippen LogP contribution in [0.1, 0.15) is 12.5 Å². The molecule has 0 fully saturated rings. The molecule has 7 heteroatoms. The number of carbonyl (C=O) groups excluding carboxylic acids is 3. The first kappa shape index (κ1) is 16.2. The lowest BCUT2D eigenvalue weighted by Gasteiger charge is -2.12. The number of carbonyl (C=O) groups is 3. The van der Waals surface area contributed by atoms with Crippen LogP contribution in [-0.2, 0) is 20.7 Å². The normalized spacial score (nSPS) is 11.3. The molecule has 0 aliphatic carbocycles. The number of benzene rings is 1. The molecule has 3 amide bonds. The van der Waals surface area contributed by atoms with Gasteiger partial charge in [0.1, 0.15) is 0 Å². The van der Waals surface area contributed by atoms with Crippen LogP contribution in [0.4, 0.5) is 4.79 Å². The van der Waals surface area contributed by atoms with Crippen molar-refractivity contribution in [3.63, 3.8) is 0 Å². The van der Waals surface area contributed by atoms with Gasteiger partial charge in [-0.1, -0.05) is 28.1 Å². The van der Waals surface area contributed by atoms with E-state index in [2.05, 4.69) is 21.2 Å². The average Bonchev–Trinajstić information content (AvgIpc) is 2.41. The summed E-state index contributed by atoms with van der Waals surface area (Å²) in [6.45, 7) is 1.40. The average molecular weight is 343 g/mol. The number of rotatable bonds is 4. The van der Waals surface area contributed by atoms with Crippen LogP contribution in [0.3, 0.4) is 0 Å². The molecule has 0 aliphatic rings. The number of halogens is 1. The number of imide groups is 1. The molecule has 0 radical (unpaired) electrons. The molecule has 1 rings (SSSR count). The molecule has 1 aromatic carbocycles. The highest BCUT2D eigenvalue weighted by atomic mass is 79.9. The number of hydrogen-bond acceptors (Lipinski definition) is 4. The van der Waals surface area contributed by atoms with Crippen LogP contribution in [-0.4, -0.2) is 31.1 Å². The van der Waals surface area contributed by atoms with Gasteiger partial charge >= 0.3 is 12.0 Å². The van der Waals surface area contributed by atoms with Gasteiger partial charge in [0.05, 0.1) is 6.42 Å². The van der Waals surface area contributed by atoms with Gasteiger partial charge in [-0.15, -0.1) is 0 Å². The maximum atomic E-state index is 11.7. The third kappa shape index (κ3) is 5.40. The van der Waals surface area contributed by atoms with Gasteiger partial charge in [-0.2, -0.15) is 0 Å². The Morgan fingerprint density at radius 1 is 1.25 bits per heavy atom. The predicted molar refractivity (Wildman–Crippen MR) is 76.0 cm³/mol. The standard InChI is InChI=1S/C13H15BrN2O4/c1-8(12(18)16-13(19)15-2)20-11(17)7-9-3-5-10(14)6-4-9/h3-6,8H,7H2,1-2H3,(H2,15,16,18,19)/t8-/m0/s1. The predicted octanol–water partition coefficient (Wildman–Crippen LogP) is 1.38. The summed E-state index contributed by atoms with van der Waals surface area (Å²) in [5, 5.41) is 4.27. The van der Waals surface area contributed by atoms with Gasteiger partial charge in [-0.05, 0) is 24.6 Å². The summed E-state index contributed by atoms with van der Waals surface area (Å²) < 4.78 is 5.86. The minimum Gasteiger partial charge on any atom is -0.452 e. The molecule has 20 heavy (non-hydrogen) atoms. The lowest BCUT2D eigenvalue weighted by molar-refractivity contribution is -0.153. The summed E-state index contributed by atoms with van der Waals surface area (Å²) in [7, 11) is 1.38. The Morgan fingerprint density at radius 3 is 2.40 bits per heavy atom. The molecule has 108 valence electrons. The third-order valence-corrected chi connectivity index (χ3v) is 2.93. The van der Waals surface area contributed by atoms with Crippen LogP contribution >= 0.6 is 15.9 Å². The lowest BCUT2D eigenvalue weighted by Crippen LogP contribution is -2.43. The molecule has 0 unspecified atom stereocenters. The van der Waals surface area contributed by atoms with E-state index in [4.69, 9.17) is 4.74 Å². The van der Waals surface area contributed by atoms with Crippen LogP contribution in [0.15, 0.2) is 28.7 Å². The second-order valence-corrected chi connectivity index (χ2v) is 4.92. The number of nitrogens with one attached hydrogen (secondary N) is 2. The maximum Gasteiger partial charge on any atom is 0.321 e. The lowest BCUT2D eigenvalue weighted by atomic mass is 10.1. The quantitative estimate of drug-likeness (QED) is 0.809. The van der Waals surface area contributed by atoms with Gasteiger partial charge in [0.15, 0.2) is 6.10 Å². The van der Waals surface area contributed by atoms with Crippen molar-refractivity contribution in [2.75, 3.05) is 7.05 Å². The van der Waals surface area contributed by atoms with Crippen molar-refractivity contribution in [2.45, 2.75) is 19.4 Å². The molecule has 0 saturated heterocycles. The van der Waals surface area contributed by atoms with Crippen LogP contribution in [0, 0.1) is 0 Å². The maximum absolute atomic E-state index is 11.7. The van der Waals surface area contributed by atoms with Crippen molar-refractivity contribution in [1.82, 2.24) is 10.6 Å². The molecule has 0 heterocycles. The second-order valence-electron chi connectivity index (χ2n) is 4.00. The number of amides is 3. The number of hydrogen-bond donors (Lipinski definition) is 2. The zero-order chi connectivity index (χ0) is 15.1. The van der Waals surface area contributed by atoms with Gasteiger partial charge in [0, 0.05) is 11.5 Å². The Hall–Kier alpha value is -1.89. The zero-order valence-electron chi connectivity index (χ0n) is 11.1. The summed E-state index contributed by atoms with van der Waals surface area (Å²) in [5.74, 6) is -1.21. The number of ether oxygens (including phenoxy) is 1. The molecule has 1 aromatic rings. The Balaban J connectivity index is 2.47. The fraction of sp³-hybridized carbons (Fsp3) is 0.308. The van der Waals surface area contributed by atoms with Crippen molar-refractivity contribution in [3.8, 4) is 0 Å². The first-order valence-corrected chi connectivity index (χ1v) is 6.68. The summed E-state index contributed by atoms with van der Waals surface area (Å²) in [4.78, 5) is 34.1. The van der Waals surface area contributed by atoms with E-state index < -0.39 is 24.0 Å². The van der Waals surface area contributed by atoms with E-state index in [1.165, 1.54) is 14.0 Å². The number of urea groups is 1. The van der Waals surface area contributed by atoms with E-state index in [1.54, 1.807) is 12.1 Å². The van der Waals surface area contributed by atoms with E-state index in [0.717, 1.165) is 10.0 Å². The highest BCUT2D eigenvalue weighted by molar-refractivity contribution is 9.10. The first-order valence-electron chi connectivity index (χ1n) is 5.89. The van der Waals surface area contributed by atoms with Gasteiger partial charge < -0.3 is 10.1 Å². The largest absolute Gasteiger partial charge is 0.452 e. The van der Waals surface area contributed by atoms with Crippen molar-refractivity contribution in [1.29, 1.82) is 0 Å². The van der Waals surface area contributed by atoms with E-state index in [1.807, 2.05) is 17.4 Å². The fourth-order valence-electron chi connectivity index (χ4n) is 1.34. The first-order chi connectivity index (χ1) is 9.42. The second kappa shape index (κ2) is 7.64. The highest BCUT2D eigenvalue weighted by Gasteiger charge is 2.19. The van der Waals surface area contributed by atoms with Crippen LogP contribution in [0.5, 0.6) is 0 Å².